The number of halogens is 1. The van der Waals surface area contributed by atoms with Crippen molar-refractivity contribution in [2.24, 2.45) is 0 Å². The van der Waals surface area contributed by atoms with E-state index in [0.29, 0.717) is 11.3 Å². The first-order valence-electron chi connectivity index (χ1n) is 3.72. The van der Waals surface area contributed by atoms with Crippen LogP contribution in [-0.2, 0) is 4.79 Å². The molecule has 0 unspecified atom stereocenters. The first-order chi connectivity index (χ1) is 6.26. The molecule has 1 aromatic rings. The van der Waals surface area contributed by atoms with Gasteiger partial charge in [0, 0.05) is 0 Å². The van der Waals surface area contributed by atoms with E-state index in [4.69, 9.17) is 4.74 Å². The van der Waals surface area contributed by atoms with Crippen LogP contribution < -0.4 is 4.74 Å². The Morgan fingerprint density at radius 3 is 2.92 bits per heavy atom. The molecule has 0 heterocycles. The molecule has 0 radical (unpaired) electrons. The number of allylic oxidation sites excluding steroid dienone is 1. The van der Waals surface area contributed by atoms with Crippen molar-refractivity contribution in [1.82, 2.24) is 0 Å². The molecule has 2 nitrogen and oxygen atoms in total. The highest BCUT2D eigenvalue weighted by atomic mass is 19.1. The minimum Gasteiger partial charge on any atom is -0.497 e. The van der Waals surface area contributed by atoms with E-state index in [1.807, 2.05) is 0 Å². The molecule has 3 heteroatoms. The lowest BCUT2D eigenvalue weighted by atomic mass is 10.2. The lowest BCUT2D eigenvalue weighted by molar-refractivity contribution is -0.106. The molecule has 0 atom stereocenters. The molecule has 0 saturated carbocycles. The highest BCUT2D eigenvalue weighted by Gasteiger charge is 1.94. The third-order valence-corrected chi connectivity index (χ3v) is 1.51. The standard InChI is InChI=1S/C10H9FO2/c1-13-10-4-2-3-8(6-10)5-9(11)7-12/h2-7H,1H3. The first kappa shape index (κ1) is 9.45. The van der Waals surface area contributed by atoms with Crippen LogP contribution >= 0.6 is 0 Å². The predicted octanol–water partition coefficient (Wildman–Crippen LogP) is 2.20. The Labute approximate surface area is 75.6 Å². The maximum atomic E-state index is 12.5. The Bertz CT molecular complexity index is 331. The summed E-state index contributed by atoms with van der Waals surface area (Å²) < 4.78 is 17.4. The highest BCUT2D eigenvalue weighted by molar-refractivity contribution is 5.78. The van der Waals surface area contributed by atoms with Gasteiger partial charge in [0.05, 0.1) is 7.11 Å². The average molecular weight is 180 g/mol. The van der Waals surface area contributed by atoms with Gasteiger partial charge in [0.25, 0.3) is 0 Å². The fraction of sp³-hybridized carbons (Fsp3) is 0.100. The van der Waals surface area contributed by atoms with Crippen molar-refractivity contribution in [3.63, 3.8) is 0 Å². The monoisotopic (exact) mass is 180 g/mol. The number of benzene rings is 1. The average Bonchev–Trinajstić information content (AvgIpc) is 2.18. The third-order valence-electron chi connectivity index (χ3n) is 1.51. The molecule has 0 fully saturated rings. The second kappa shape index (κ2) is 4.40. The Hall–Kier alpha value is -1.64. The summed E-state index contributed by atoms with van der Waals surface area (Å²) in [6, 6.07) is 6.80. The van der Waals surface area contributed by atoms with Crippen LogP contribution in [0.4, 0.5) is 4.39 Å². The Kier molecular flexibility index (Phi) is 3.20. The summed E-state index contributed by atoms with van der Waals surface area (Å²) in [7, 11) is 1.53. The molecule has 13 heavy (non-hydrogen) atoms. The fourth-order valence-electron chi connectivity index (χ4n) is 0.925. The van der Waals surface area contributed by atoms with Crippen molar-refractivity contribution in [2.75, 3.05) is 7.11 Å². The molecule has 0 saturated heterocycles. The minimum atomic E-state index is -0.798. The van der Waals surface area contributed by atoms with E-state index < -0.39 is 5.83 Å². The zero-order valence-corrected chi connectivity index (χ0v) is 7.16. The number of rotatable bonds is 3. The Morgan fingerprint density at radius 2 is 2.31 bits per heavy atom. The molecular weight excluding hydrogens is 171 g/mol. The van der Waals surface area contributed by atoms with E-state index >= 15 is 0 Å². The normalized spacial score (nSPS) is 11.1. The second-order valence-electron chi connectivity index (χ2n) is 2.42. The van der Waals surface area contributed by atoms with Gasteiger partial charge in [-0.1, -0.05) is 12.1 Å². The molecule has 0 aliphatic rings. The van der Waals surface area contributed by atoms with Crippen molar-refractivity contribution >= 4 is 12.4 Å². The van der Waals surface area contributed by atoms with Crippen molar-refractivity contribution in [3.05, 3.63) is 35.7 Å². The van der Waals surface area contributed by atoms with E-state index in [1.54, 1.807) is 24.3 Å². The molecule has 0 amide bonds. The molecule has 0 N–H and O–H groups in total. The molecule has 0 spiro atoms. The largest absolute Gasteiger partial charge is 0.497 e. The molecule has 1 aromatic carbocycles. The van der Waals surface area contributed by atoms with Gasteiger partial charge in [-0.05, 0) is 23.8 Å². The summed E-state index contributed by atoms with van der Waals surface area (Å²) in [6.45, 7) is 0. The zero-order valence-electron chi connectivity index (χ0n) is 7.16. The topological polar surface area (TPSA) is 26.3 Å². The van der Waals surface area contributed by atoms with Crippen LogP contribution in [0, 0.1) is 0 Å². The molecule has 0 aliphatic carbocycles. The predicted molar refractivity (Wildman–Crippen MR) is 48.1 cm³/mol. The van der Waals surface area contributed by atoms with Crippen LogP contribution in [0.5, 0.6) is 5.75 Å². The number of ether oxygens (including phenoxy) is 1. The number of methoxy groups -OCH3 is 1. The lowest BCUT2D eigenvalue weighted by Gasteiger charge is -1.99. The molecule has 0 bridgehead atoms. The quantitative estimate of drug-likeness (QED) is 0.526. The van der Waals surface area contributed by atoms with Gasteiger partial charge in [-0.3, -0.25) is 4.79 Å². The van der Waals surface area contributed by atoms with Crippen LogP contribution in [0.1, 0.15) is 5.56 Å². The summed E-state index contributed by atoms with van der Waals surface area (Å²) in [4.78, 5) is 9.99. The van der Waals surface area contributed by atoms with Gasteiger partial charge in [-0.25, -0.2) is 4.39 Å². The number of hydrogen-bond acceptors (Lipinski definition) is 2. The van der Waals surface area contributed by atoms with Crippen molar-refractivity contribution in [1.29, 1.82) is 0 Å². The SMILES string of the molecule is COc1cccc(C=C(F)C=O)c1. The lowest BCUT2D eigenvalue weighted by Crippen LogP contribution is -1.83. The van der Waals surface area contributed by atoms with Crippen LogP contribution in [0.25, 0.3) is 6.08 Å². The Balaban J connectivity index is 2.95. The van der Waals surface area contributed by atoms with Crippen molar-refractivity contribution < 1.29 is 13.9 Å². The van der Waals surface area contributed by atoms with E-state index in [0.717, 1.165) is 6.08 Å². The highest BCUT2D eigenvalue weighted by Crippen LogP contribution is 2.14. The number of aldehydes is 1. The van der Waals surface area contributed by atoms with Gasteiger partial charge in [-0.2, -0.15) is 0 Å². The van der Waals surface area contributed by atoms with Gasteiger partial charge >= 0.3 is 0 Å². The Morgan fingerprint density at radius 1 is 1.54 bits per heavy atom. The van der Waals surface area contributed by atoms with E-state index in [1.165, 1.54) is 7.11 Å². The van der Waals surface area contributed by atoms with E-state index in [9.17, 15) is 9.18 Å². The van der Waals surface area contributed by atoms with Crippen molar-refractivity contribution in [3.8, 4) is 5.75 Å². The van der Waals surface area contributed by atoms with Gasteiger partial charge in [0.2, 0.25) is 0 Å². The second-order valence-corrected chi connectivity index (χ2v) is 2.42. The van der Waals surface area contributed by atoms with Gasteiger partial charge in [0.15, 0.2) is 12.1 Å². The molecule has 0 aliphatic heterocycles. The maximum Gasteiger partial charge on any atom is 0.178 e. The molecule has 0 aromatic heterocycles. The van der Waals surface area contributed by atoms with Crippen LogP contribution in [-0.4, -0.2) is 13.4 Å². The van der Waals surface area contributed by atoms with Gasteiger partial charge in [0.1, 0.15) is 5.75 Å². The summed E-state index contributed by atoms with van der Waals surface area (Å²) in [5, 5.41) is 0. The van der Waals surface area contributed by atoms with E-state index in [-0.39, 0.29) is 6.29 Å². The third kappa shape index (κ3) is 2.71. The zero-order chi connectivity index (χ0) is 9.68. The molecular formula is C10H9FO2. The van der Waals surface area contributed by atoms with Crippen molar-refractivity contribution in [2.45, 2.75) is 0 Å². The smallest absolute Gasteiger partial charge is 0.178 e. The number of carbonyl (C=O) groups is 1. The first-order valence-corrected chi connectivity index (χ1v) is 3.72. The molecule has 68 valence electrons. The van der Waals surface area contributed by atoms with Gasteiger partial charge in [-0.15, -0.1) is 0 Å². The summed E-state index contributed by atoms with van der Waals surface area (Å²) in [5.74, 6) is -0.166. The minimum absolute atomic E-state index is 0.166. The summed E-state index contributed by atoms with van der Waals surface area (Å²) in [5.41, 5.74) is 0.601. The summed E-state index contributed by atoms with van der Waals surface area (Å²) in [6.07, 6.45) is 1.31. The van der Waals surface area contributed by atoms with Gasteiger partial charge < -0.3 is 4.74 Å². The fourth-order valence-corrected chi connectivity index (χ4v) is 0.925. The van der Waals surface area contributed by atoms with Crippen LogP contribution in [0.15, 0.2) is 30.1 Å². The number of hydrogen-bond donors (Lipinski definition) is 0. The number of carbonyl (C=O) groups excluding carboxylic acids is 1. The van der Waals surface area contributed by atoms with E-state index in [2.05, 4.69) is 0 Å². The maximum absolute atomic E-state index is 12.5. The van der Waals surface area contributed by atoms with Crippen LogP contribution in [0.3, 0.4) is 0 Å². The summed E-state index contributed by atoms with van der Waals surface area (Å²) >= 11 is 0. The molecule has 1 rings (SSSR count). The van der Waals surface area contributed by atoms with Crippen LogP contribution in [0.2, 0.25) is 0 Å².